The number of hydrogen-bond donors (Lipinski definition) is 2. The molecule has 5 nitrogen and oxygen atoms in total. The minimum absolute atomic E-state index is 0.0153. The van der Waals surface area contributed by atoms with Gasteiger partial charge in [0.1, 0.15) is 0 Å². The van der Waals surface area contributed by atoms with Crippen LogP contribution in [0.3, 0.4) is 0 Å². The number of carbonyl (C=O) groups is 2. The van der Waals surface area contributed by atoms with Crippen LogP contribution in [0.5, 0.6) is 0 Å². The standard InChI is InChI=1S/C24H27N3O2S/c1-24(2)12-17-22(19(28)13-24)23(20-8-5-11-30-20)27(14-21(29)25-15-9-10-15)18-7-4-3-6-16(18)26-17/h3-8,11,15,23,26H,9-10,12-14H2,1-2H3,(H,25,29). The summed E-state index contributed by atoms with van der Waals surface area (Å²) in [6.07, 6.45) is 3.45. The predicted molar refractivity (Wildman–Crippen MR) is 121 cm³/mol. The molecule has 2 N–H and O–H groups in total. The summed E-state index contributed by atoms with van der Waals surface area (Å²) in [4.78, 5) is 29.5. The molecule has 1 aromatic heterocycles. The van der Waals surface area contributed by atoms with E-state index in [0.29, 0.717) is 12.5 Å². The Morgan fingerprint density at radius 1 is 1.20 bits per heavy atom. The van der Waals surface area contributed by atoms with Crippen LogP contribution in [0.2, 0.25) is 0 Å². The fourth-order valence-corrected chi connectivity index (χ4v) is 5.47. The third-order valence-electron chi connectivity index (χ3n) is 6.07. The summed E-state index contributed by atoms with van der Waals surface area (Å²) in [7, 11) is 0. The van der Waals surface area contributed by atoms with E-state index in [-0.39, 0.29) is 29.7 Å². The number of para-hydroxylation sites is 2. The number of allylic oxidation sites excluding steroid dienone is 1. The van der Waals surface area contributed by atoms with E-state index in [1.54, 1.807) is 11.3 Å². The van der Waals surface area contributed by atoms with Crippen LogP contribution in [0, 0.1) is 5.41 Å². The first-order valence-corrected chi connectivity index (χ1v) is 11.5. The second kappa shape index (κ2) is 7.27. The number of hydrogen-bond acceptors (Lipinski definition) is 5. The van der Waals surface area contributed by atoms with Crippen LogP contribution in [-0.2, 0) is 9.59 Å². The van der Waals surface area contributed by atoms with Gasteiger partial charge in [0.25, 0.3) is 0 Å². The number of amides is 1. The van der Waals surface area contributed by atoms with E-state index in [0.717, 1.165) is 46.8 Å². The molecular formula is C24H27N3O2S. The van der Waals surface area contributed by atoms with Crippen LogP contribution in [0.25, 0.3) is 0 Å². The summed E-state index contributed by atoms with van der Waals surface area (Å²) in [6, 6.07) is 12.2. The number of nitrogens with zero attached hydrogens (tertiary/aromatic N) is 1. The summed E-state index contributed by atoms with van der Waals surface area (Å²) in [5.74, 6) is 0.189. The molecule has 2 aromatic rings. The van der Waals surface area contributed by atoms with Gasteiger partial charge in [-0.25, -0.2) is 0 Å². The first-order chi connectivity index (χ1) is 14.4. The van der Waals surface area contributed by atoms with E-state index < -0.39 is 0 Å². The molecule has 156 valence electrons. The Labute approximate surface area is 181 Å². The molecule has 6 heteroatoms. The third-order valence-corrected chi connectivity index (χ3v) is 7.00. The second-order valence-corrected chi connectivity index (χ2v) is 10.3. The van der Waals surface area contributed by atoms with Crippen molar-refractivity contribution in [1.29, 1.82) is 0 Å². The smallest absolute Gasteiger partial charge is 0.239 e. The number of anilines is 2. The zero-order valence-electron chi connectivity index (χ0n) is 17.4. The van der Waals surface area contributed by atoms with Gasteiger partial charge in [0.05, 0.1) is 24.0 Å². The van der Waals surface area contributed by atoms with Crippen molar-refractivity contribution >= 4 is 34.4 Å². The molecule has 1 saturated carbocycles. The van der Waals surface area contributed by atoms with Crippen molar-refractivity contribution in [2.24, 2.45) is 5.41 Å². The van der Waals surface area contributed by atoms with Crippen molar-refractivity contribution in [3.05, 3.63) is 57.9 Å². The molecule has 0 bridgehead atoms. The highest BCUT2D eigenvalue weighted by atomic mass is 32.1. The average Bonchev–Trinajstić information content (AvgIpc) is 3.35. The van der Waals surface area contributed by atoms with E-state index >= 15 is 0 Å². The molecule has 30 heavy (non-hydrogen) atoms. The van der Waals surface area contributed by atoms with Crippen molar-refractivity contribution in [2.45, 2.75) is 51.6 Å². The van der Waals surface area contributed by atoms with Gasteiger partial charge in [-0.1, -0.05) is 32.0 Å². The highest BCUT2D eigenvalue weighted by Gasteiger charge is 2.42. The molecule has 2 aliphatic carbocycles. The number of ketones is 1. The van der Waals surface area contributed by atoms with Gasteiger partial charge in [0.2, 0.25) is 5.91 Å². The van der Waals surface area contributed by atoms with E-state index in [2.05, 4.69) is 35.4 Å². The van der Waals surface area contributed by atoms with Crippen LogP contribution in [0.4, 0.5) is 11.4 Å². The lowest BCUT2D eigenvalue weighted by molar-refractivity contribution is -0.120. The van der Waals surface area contributed by atoms with Crippen LogP contribution in [-0.4, -0.2) is 24.3 Å². The van der Waals surface area contributed by atoms with Crippen LogP contribution < -0.4 is 15.5 Å². The number of thiophene rings is 1. The Hall–Kier alpha value is -2.60. The number of carbonyl (C=O) groups excluding carboxylic acids is 2. The first kappa shape index (κ1) is 19.4. The van der Waals surface area contributed by atoms with Crippen molar-refractivity contribution < 1.29 is 9.59 Å². The highest BCUT2D eigenvalue weighted by Crippen LogP contribution is 2.48. The molecule has 1 unspecified atom stereocenters. The quantitative estimate of drug-likeness (QED) is 0.755. The molecular weight excluding hydrogens is 394 g/mol. The number of rotatable bonds is 4. The fourth-order valence-electron chi connectivity index (χ4n) is 4.63. The van der Waals surface area contributed by atoms with Gasteiger partial charge in [-0.3, -0.25) is 9.59 Å². The maximum absolute atomic E-state index is 13.5. The Morgan fingerprint density at radius 2 is 2.00 bits per heavy atom. The summed E-state index contributed by atoms with van der Waals surface area (Å²) >= 11 is 1.64. The Bertz CT molecular complexity index is 1020. The lowest BCUT2D eigenvalue weighted by Gasteiger charge is -2.37. The van der Waals surface area contributed by atoms with Gasteiger partial charge in [-0.15, -0.1) is 11.3 Å². The largest absolute Gasteiger partial charge is 0.357 e. The Morgan fingerprint density at radius 3 is 2.73 bits per heavy atom. The van der Waals surface area contributed by atoms with Gasteiger partial charge in [-0.05, 0) is 48.3 Å². The molecule has 0 radical (unpaired) electrons. The van der Waals surface area contributed by atoms with E-state index in [4.69, 9.17) is 0 Å². The monoisotopic (exact) mass is 421 g/mol. The predicted octanol–water partition coefficient (Wildman–Crippen LogP) is 4.64. The summed E-state index contributed by atoms with van der Waals surface area (Å²) < 4.78 is 0. The van der Waals surface area contributed by atoms with Crippen molar-refractivity contribution in [1.82, 2.24) is 5.32 Å². The number of nitrogens with one attached hydrogen (secondary N) is 2. The molecule has 2 heterocycles. The minimum atomic E-state index is -0.260. The first-order valence-electron chi connectivity index (χ1n) is 10.6. The molecule has 1 aliphatic heterocycles. The summed E-state index contributed by atoms with van der Waals surface area (Å²) in [5, 5.41) is 8.74. The van der Waals surface area contributed by atoms with Gasteiger partial charge in [0, 0.05) is 28.6 Å². The molecule has 5 rings (SSSR count). The van der Waals surface area contributed by atoms with Gasteiger partial charge in [0.15, 0.2) is 5.78 Å². The zero-order valence-corrected chi connectivity index (χ0v) is 18.2. The molecule has 3 aliphatic rings. The normalized spacial score (nSPS) is 22.7. The molecule has 1 fully saturated rings. The van der Waals surface area contributed by atoms with E-state index in [9.17, 15) is 9.59 Å². The van der Waals surface area contributed by atoms with Crippen LogP contribution in [0.1, 0.15) is 50.4 Å². The van der Waals surface area contributed by atoms with Crippen LogP contribution >= 0.6 is 11.3 Å². The SMILES string of the molecule is CC1(C)CC(=O)C2=C(C1)Nc1ccccc1N(CC(=O)NC1CC1)C2c1cccs1. The Balaban J connectivity index is 1.65. The van der Waals surface area contributed by atoms with Gasteiger partial charge >= 0.3 is 0 Å². The van der Waals surface area contributed by atoms with Gasteiger partial charge in [-0.2, -0.15) is 0 Å². The zero-order chi connectivity index (χ0) is 20.9. The van der Waals surface area contributed by atoms with E-state index in [1.165, 1.54) is 0 Å². The molecule has 1 amide bonds. The van der Waals surface area contributed by atoms with Crippen LogP contribution in [0.15, 0.2) is 53.0 Å². The highest BCUT2D eigenvalue weighted by molar-refractivity contribution is 7.10. The molecule has 1 aromatic carbocycles. The second-order valence-electron chi connectivity index (χ2n) is 9.36. The number of fused-ring (bicyclic) bond motifs is 1. The maximum atomic E-state index is 13.5. The summed E-state index contributed by atoms with van der Waals surface area (Å²) in [5.41, 5.74) is 3.63. The van der Waals surface area contributed by atoms with Gasteiger partial charge < -0.3 is 15.5 Å². The molecule has 0 spiro atoms. The average molecular weight is 422 g/mol. The fraction of sp³-hybridized carbons (Fsp3) is 0.417. The topological polar surface area (TPSA) is 61.4 Å². The lowest BCUT2D eigenvalue weighted by atomic mass is 9.74. The van der Waals surface area contributed by atoms with E-state index in [1.807, 2.05) is 35.7 Å². The molecule has 1 atom stereocenters. The molecule has 0 saturated heterocycles. The number of benzene rings is 1. The van der Waals surface area contributed by atoms with Crippen molar-refractivity contribution in [2.75, 3.05) is 16.8 Å². The van der Waals surface area contributed by atoms with Crippen molar-refractivity contribution in [3.8, 4) is 0 Å². The lowest BCUT2D eigenvalue weighted by Crippen LogP contribution is -2.42. The maximum Gasteiger partial charge on any atom is 0.239 e. The third kappa shape index (κ3) is 3.65. The minimum Gasteiger partial charge on any atom is -0.357 e. The van der Waals surface area contributed by atoms with Crippen molar-refractivity contribution in [3.63, 3.8) is 0 Å². The Kier molecular flexibility index (Phi) is 4.69. The summed E-state index contributed by atoms with van der Waals surface area (Å²) in [6.45, 7) is 4.52. The number of Topliss-reactive ketones (excluding diaryl/α,β-unsaturated/α-hetero) is 1.